The van der Waals surface area contributed by atoms with E-state index in [2.05, 4.69) is 5.10 Å². The summed E-state index contributed by atoms with van der Waals surface area (Å²) < 4.78 is 5.16. The number of nitro benzene ring substituents is 4. The first-order valence-electron chi connectivity index (χ1n) is 9.80. The molecule has 188 valence electrons. The first-order valence-corrected chi connectivity index (χ1v) is 9.80. The summed E-state index contributed by atoms with van der Waals surface area (Å²) >= 11 is 0. The molecule has 1 saturated heterocycles. The van der Waals surface area contributed by atoms with Crippen LogP contribution in [0.4, 0.5) is 28.4 Å². The maximum absolute atomic E-state index is 12.5. The monoisotopic (exact) mass is 505 g/mol. The van der Waals surface area contributed by atoms with Crippen molar-refractivity contribution in [2.24, 2.45) is 5.10 Å². The lowest BCUT2D eigenvalue weighted by atomic mass is 10.1. The minimum absolute atomic E-state index is 0.149. The molecule has 2 aromatic rings. The summed E-state index contributed by atoms with van der Waals surface area (Å²) in [7, 11) is 0. The van der Waals surface area contributed by atoms with E-state index in [4.69, 9.17) is 4.74 Å². The molecule has 3 rings (SSSR count). The maximum Gasteiger partial charge on any atom is 0.318 e. The van der Waals surface area contributed by atoms with Crippen LogP contribution in [0.5, 0.6) is 5.75 Å². The van der Waals surface area contributed by atoms with Crippen molar-refractivity contribution in [3.05, 3.63) is 75.8 Å². The Balaban J connectivity index is 1.95. The molecule has 1 aliphatic heterocycles. The number of hydrogen-bond acceptors (Lipinski definition) is 13. The highest BCUT2D eigenvalue weighted by atomic mass is 16.6. The smallest absolute Gasteiger partial charge is 0.318 e. The number of phenols is 1. The van der Waals surface area contributed by atoms with E-state index in [1.807, 2.05) is 5.43 Å². The zero-order valence-electron chi connectivity index (χ0n) is 17.9. The van der Waals surface area contributed by atoms with Crippen LogP contribution < -0.4 is 10.3 Å². The SMILES string of the molecule is O=C(N/N=C\c1cc([N+](=O)[O-])cc([N+](=O)[O-])c1O)c1cc([N+](=O)[O-])c(N2CCOCC2)c([N+](=O)[O-])c1. The highest BCUT2D eigenvalue weighted by molar-refractivity contribution is 5.98. The van der Waals surface area contributed by atoms with E-state index in [1.54, 1.807) is 0 Å². The molecule has 2 N–H and O–H groups in total. The number of benzene rings is 2. The van der Waals surface area contributed by atoms with Crippen molar-refractivity contribution in [2.75, 3.05) is 31.2 Å². The van der Waals surface area contributed by atoms with Crippen molar-refractivity contribution in [1.82, 2.24) is 5.43 Å². The Bertz CT molecular complexity index is 1270. The van der Waals surface area contributed by atoms with E-state index < -0.39 is 65.2 Å². The third-order valence-electron chi connectivity index (χ3n) is 4.93. The molecule has 1 heterocycles. The lowest BCUT2D eigenvalue weighted by Gasteiger charge is -2.28. The summed E-state index contributed by atoms with van der Waals surface area (Å²) in [4.78, 5) is 55.5. The van der Waals surface area contributed by atoms with Gasteiger partial charge in [0.25, 0.3) is 23.0 Å². The summed E-state index contributed by atoms with van der Waals surface area (Å²) in [5, 5.41) is 58.7. The molecular formula is C18H15N7O11. The van der Waals surface area contributed by atoms with E-state index in [-0.39, 0.29) is 32.0 Å². The van der Waals surface area contributed by atoms with Crippen molar-refractivity contribution in [2.45, 2.75) is 0 Å². The van der Waals surface area contributed by atoms with Gasteiger partial charge in [-0.05, 0) is 0 Å². The number of nitrogens with one attached hydrogen (secondary N) is 1. The number of non-ortho nitro benzene ring substituents is 1. The van der Waals surface area contributed by atoms with Gasteiger partial charge in [0, 0.05) is 31.3 Å². The molecule has 36 heavy (non-hydrogen) atoms. The number of hydrogen-bond donors (Lipinski definition) is 2. The van der Waals surface area contributed by atoms with Gasteiger partial charge in [0.15, 0.2) is 5.69 Å². The van der Waals surface area contributed by atoms with Crippen LogP contribution in [0, 0.1) is 40.5 Å². The van der Waals surface area contributed by atoms with Gasteiger partial charge in [0.05, 0.1) is 56.3 Å². The first-order chi connectivity index (χ1) is 17.0. The molecule has 1 amide bonds. The zero-order chi connectivity index (χ0) is 26.6. The van der Waals surface area contributed by atoms with Crippen molar-refractivity contribution >= 4 is 40.6 Å². The predicted molar refractivity (Wildman–Crippen MR) is 119 cm³/mol. The van der Waals surface area contributed by atoms with Gasteiger partial charge in [-0.2, -0.15) is 5.10 Å². The number of amides is 1. The van der Waals surface area contributed by atoms with Crippen LogP contribution in [-0.2, 0) is 4.74 Å². The molecule has 0 radical (unpaired) electrons. The Morgan fingerprint density at radius 1 is 0.917 bits per heavy atom. The third-order valence-corrected chi connectivity index (χ3v) is 4.93. The number of carbonyl (C=O) groups excluding carboxylic acids is 1. The number of nitrogens with zero attached hydrogens (tertiary/aromatic N) is 6. The van der Waals surface area contributed by atoms with E-state index in [9.17, 15) is 50.4 Å². The fraction of sp³-hybridized carbons (Fsp3) is 0.222. The second-order valence-corrected chi connectivity index (χ2v) is 7.09. The van der Waals surface area contributed by atoms with E-state index in [0.717, 1.165) is 18.2 Å². The minimum Gasteiger partial charge on any atom is -0.502 e. The second kappa shape index (κ2) is 10.3. The molecule has 0 unspecified atom stereocenters. The number of rotatable bonds is 8. The van der Waals surface area contributed by atoms with Crippen molar-refractivity contribution in [3.8, 4) is 5.75 Å². The van der Waals surface area contributed by atoms with Crippen molar-refractivity contribution in [1.29, 1.82) is 0 Å². The Morgan fingerprint density at radius 3 is 1.97 bits per heavy atom. The molecule has 0 atom stereocenters. The van der Waals surface area contributed by atoms with Crippen LogP contribution in [0.3, 0.4) is 0 Å². The molecule has 0 aromatic heterocycles. The second-order valence-electron chi connectivity index (χ2n) is 7.09. The van der Waals surface area contributed by atoms with Crippen molar-refractivity contribution < 1.29 is 34.3 Å². The number of hydrazone groups is 1. The molecular weight excluding hydrogens is 490 g/mol. The molecule has 1 fully saturated rings. The highest BCUT2D eigenvalue weighted by Crippen LogP contribution is 2.39. The molecule has 18 heteroatoms. The Kier molecular flexibility index (Phi) is 7.29. The van der Waals surface area contributed by atoms with Gasteiger partial charge in [0.2, 0.25) is 5.75 Å². The standard InChI is InChI=1S/C18H15N7O11/c26-17-11(5-12(22(28)29)8-15(17)25(34)35)9-19-20-18(27)10-6-13(23(30)31)16(14(7-10)24(32)33)21-1-3-36-4-2-21/h5-9,26H,1-4H2,(H,20,27)/b19-9-. The third kappa shape index (κ3) is 5.28. The molecule has 0 aliphatic carbocycles. The lowest BCUT2D eigenvalue weighted by molar-refractivity contribution is -0.394. The minimum atomic E-state index is -1.13. The van der Waals surface area contributed by atoms with Gasteiger partial charge in [-0.25, -0.2) is 5.43 Å². The topological polar surface area (TPSA) is 247 Å². The fourth-order valence-corrected chi connectivity index (χ4v) is 3.32. The quantitative estimate of drug-likeness (QED) is 0.295. The first kappa shape index (κ1) is 25.4. The Labute approximate surface area is 199 Å². The van der Waals surface area contributed by atoms with Crippen LogP contribution in [0.15, 0.2) is 29.4 Å². The van der Waals surface area contributed by atoms with E-state index >= 15 is 0 Å². The number of phenolic OH excluding ortho intramolecular Hbond substituents is 1. The summed E-state index contributed by atoms with van der Waals surface area (Å²) in [6.45, 7) is 0.675. The van der Waals surface area contributed by atoms with E-state index in [0.29, 0.717) is 12.3 Å². The number of morpholine rings is 1. The molecule has 0 saturated carbocycles. The van der Waals surface area contributed by atoms with Gasteiger partial charge in [-0.15, -0.1) is 0 Å². The fourth-order valence-electron chi connectivity index (χ4n) is 3.32. The Hall–Kier alpha value is -5.26. The molecule has 1 aliphatic rings. The zero-order valence-corrected chi connectivity index (χ0v) is 17.9. The normalized spacial score (nSPS) is 13.4. The molecule has 0 spiro atoms. The average molecular weight is 505 g/mol. The summed E-state index contributed by atoms with van der Waals surface area (Å²) in [6, 6.07) is 2.92. The van der Waals surface area contributed by atoms with Gasteiger partial charge >= 0.3 is 5.69 Å². The number of anilines is 1. The van der Waals surface area contributed by atoms with E-state index in [1.165, 1.54) is 4.90 Å². The van der Waals surface area contributed by atoms with Gasteiger partial charge in [0.1, 0.15) is 0 Å². The van der Waals surface area contributed by atoms with Crippen LogP contribution in [0.1, 0.15) is 15.9 Å². The van der Waals surface area contributed by atoms with Gasteiger partial charge < -0.3 is 14.7 Å². The Morgan fingerprint density at radius 2 is 1.47 bits per heavy atom. The van der Waals surface area contributed by atoms with Crippen LogP contribution in [0.2, 0.25) is 0 Å². The number of aromatic hydroxyl groups is 1. The number of ether oxygens (including phenoxy) is 1. The van der Waals surface area contributed by atoms with Crippen LogP contribution in [0.25, 0.3) is 0 Å². The van der Waals surface area contributed by atoms with Gasteiger partial charge in [-0.1, -0.05) is 0 Å². The van der Waals surface area contributed by atoms with Crippen LogP contribution in [-0.4, -0.2) is 63.2 Å². The summed E-state index contributed by atoms with van der Waals surface area (Å²) in [5.41, 5.74) is -2.50. The maximum atomic E-state index is 12.5. The number of nitro groups is 4. The summed E-state index contributed by atoms with van der Waals surface area (Å²) in [5.74, 6) is -2.10. The van der Waals surface area contributed by atoms with Crippen molar-refractivity contribution in [3.63, 3.8) is 0 Å². The molecule has 0 bridgehead atoms. The largest absolute Gasteiger partial charge is 0.502 e. The predicted octanol–water partition coefficient (Wildman–Crippen LogP) is 1.63. The van der Waals surface area contributed by atoms with Gasteiger partial charge in [-0.3, -0.25) is 45.3 Å². The molecule has 18 nitrogen and oxygen atoms in total. The highest BCUT2D eigenvalue weighted by Gasteiger charge is 2.33. The lowest BCUT2D eigenvalue weighted by Crippen LogP contribution is -2.37. The van der Waals surface area contributed by atoms with Crippen LogP contribution >= 0.6 is 0 Å². The average Bonchev–Trinajstić information content (AvgIpc) is 2.84. The molecule has 2 aromatic carbocycles. The summed E-state index contributed by atoms with van der Waals surface area (Å²) in [6.07, 6.45) is 0.665. The number of carbonyl (C=O) groups is 1.